The number of halogens is 1. The number of primary amides is 1. The topological polar surface area (TPSA) is 90.7 Å². The van der Waals surface area contributed by atoms with Crippen molar-refractivity contribution in [2.24, 2.45) is 5.73 Å². The number of benzene rings is 1. The summed E-state index contributed by atoms with van der Waals surface area (Å²) < 4.78 is 22.1. The van der Waals surface area contributed by atoms with E-state index in [0.29, 0.717) is 25.2 Å². The zero-order valence-corrected chi connectivity index (χ0v) is 13.2. The average Bonchev–Trinajstić information content (AvgIpc) is 2.54. The van der Waals surface area contributed by atoms with E-state index in [4.69, 9.17) is 15.2 Å². The lowest BCUT2D eigenvalue weighted by Crippen LogP contribution is -2.47. The first kappa shape index (κ1) is 18.9. The minimum absolute atomic E-state index is 0.0476. The Morgan fingerprint density at radius 3 is 2.57 bits per heavy atom. The molecule has 1 aromatic carbocycles. The molecule has 1 rings (SSSR count). The summed E-state index contributed by atoms with van der Waals surface area (Å²) in [6.07, 6.45) is 1.12. The number of hydrogen-bond donors (Lipinski definition) is 2. The maximum absolute atomic E-state index is 12.0. The fourth-order valence-corrected chi connectivity index (χ4v) is 1.88. The van der Waals surface area contributed by atoms with E-state index in [0.717, 1.165) is 5.56 Å². The molecule has 0 heterocycles. The lowest BCUT2D eigenvalue weighted by Gasteiger charge is -2.14. The lowest BCUT2D eigenvalue weighted by atomic mass is 10.1. The zero-order chi connectivity index (χ0) is 17.1. The average molecular weight is 326 g/mol. The number of carbonyl (C=O) groups is 2. The van der Waals surface area contributed by atoms with Crippen LogP contribution in [0, 0.1) is 0 Å². The molecule has 1 atom stereocenters. The number of amides is 2. The van der Waals surface area contributed by atoms with Gasteiger partial charge >= 0.3 is 0 Å². The van der Waals surface area contributed by atoms with Gasteiger partial charge < -0.3 is 20.5 Å². The van der Waals surface area contributed by atoms with Gasteiger partial charge in [-0.3, -0.25) is 14.0 Å². The second kappa shape index (κ2) is 10.6. The quantitative estimate of drug-likeness (QED) is 0.593. The van der Waals surface area contributed by atoms with Crippen molar-refractivity contribution in [1.29, 1.82) is 0 Å². The summed E-state index contributed by atoms with van der Waals surface area (Å²) in [5.74, 6) is -0.232. The lowest BCUT2D eigenvalue weighted by molar-refractivity contribution is -0.128. The molecule has 7 heteroatoms. The van der Waals surface area contributed by atoms with Gasteiger partial charge in [0.25, 0.3) is 0 Å². The molecular formula is C16H23FN2O4. The molecule has 1 aromatic rings. The van der Waals surface area contributed by atoms with Crippen LogP contribution in [0.15, 0.2) is 24.3 Å². The van der Waals surface area contributed by atoms with Crippen molar-refractivity contribution in [1.82, 2.24) is 5.32 Å². The van der Waals surface area contributed by atoms with Crippen molar-refractivity contribution in [3.8, 4) is 5.75 Å². The van der Waals surface area contributed by atoms with E-state index in [1.165, 1.54) is 7.11 Å². The van der Waals surface area contributed by atoms with Gasteiger partial charge in [0.15, 0.2) is 0 Å². The van der Waals surface area contributed by atoms with Crippen LogP contribution >= 0.6 is 0 Å². The van der Waals surface area contributed by atoms with E-state index in [1.54, 1.807) is 12.1 Å². The number of hydrogen-bond acceptors (Lipinski definition) is 4. The first-order chi connectivity index (χ1) is 11.1. The van der Waals surface area contributed by atoms with Crippen molar-refractivity contribution in [2.45, 2.75) is 25.3 Å². The van der Waals surface area contributed by atoms with Crippen molar-refractivity contribution < 1.29 is 23.5 Å². The van der Waals surface area contributed by atoms with Gasteiger partial charge in [0, 0.05) is 20.0 Å². The number of ether oxygens (including phenoxy) is 2. The smallest absolute Gasteiger partial charge is 0.242 e. The van der Waals surface area contributed by atoms with Gasteiger partial charge in [-0.05, 0) is 24.1 Å². The molecule has 23 heavy (non-hydrogen) atoms. The van der Waals surface area contributed by atoms with Crippen molar-refractivity contribution in [3.63, 3.8) is 0 Å². The minimum Gasteiger partial charge on any atom is -0.494 e. The van der Waals surface area contributed by atoms with Crippen LogP contribution in [0.3, 0.4) is 0 Å². The number of aryl methyl sites for hydroxylation is 1. The highest BCUT2D eigenvalue weighted by Gasteiger charge is 2.17. The molecule has 0 saturated heterocycles. The third-order valence-electron chi connectivity index (χ3n) is 3.12. The van der Waals surface area contributed by atoms with Gasteiger partial charge in [-0.2, -0.15) is 0 Å². The van der Waals surface area contributed by atoms with E-state index in [-0.39, 0.29) is 18.9 Å². The highest BCUT2D eigenvalue weighted by Crippen LogP contribution is 2.13. The minimum atomic E-state index is -0.821. The third-order valence-corrected chi connectivity index (χ3v) is 3.12. The molecule has 0 bridgehead atoms. The third kappa shape index (κ3) is 7.60. The predicted octanol–water partition coefficient (Wildman–Crippen LogP) is 0.974. The first-order valence-electron chi connectivity index (χ1n) is 7.42. The number of carbonyl (C=O) groups excluding carboxylic acids is 2. The molecule has 128 valence electrons. The van der Waals surface area contributed by atoms with E-state index >= 15 is 0 Å². The molecule has 0 aromatic heterocycles. The van der Waals surface area contributed by atoms with Crippen LogP contribution in [-0.4, -0.2) is 44.9 Å². The maximum Gasteiger partial charge on any atom is 0.242 e. The monoisotopic (exact) mass is 326 g/mol. The molecular weight excluding hydrogens is 303 g/mol. The molecule has 2 amide bonds. The zero-order valence-electron chi connectivity index (χ0n) is 13.2. The van der Waals surface area contributed by atoms with E-state index in [9.17, 15) is 14.0 Å². The number of alkyl halides is 1. The summed E-state index contributed by atoms with van der Waals surface area (Å²) in [4.78, 5) is 22.9. The first-order valence-corrected chi connectivity index (χ1v) is 7.42. The normalized spacial score (nSPS) is 11.7. The molecule has 3 N–H and O–H groups in total. The Morgan fingerprint density at radius 2 is 2.00 bits per heavy atom. The highest BCUT2D eigenvalue weighted by molar-refractivity contribution is 5.86. The Labute approximate surface area is 135 Å². The molecule has 0 aliphatic heterocycles. The Bertz CT molecular complexity index is 493. The van der Waals surface area contributed by atoms with Crippen molar-refractivity contribution in [3.05, 3.63) is 29.8 Å². The fraction of sp³-hybridized carbons (Fsp3) is 0.500. The van der Waals surface area contributed by atoms with Crippen LogP contribution in [0.2, 0.25) is 0 Å². The molecule has 0 fully saturated rings. The molecule has 0 saturated carbocycles. The van der Waals surface area contributed by atoms with E-state index < -0.39 is 18.6 Å². The summed E-state index contributed by atoms with van der Waals surface area (Å²) in [5.41, 5.74) is 6.13. The summed E-state index contributed by atoms with van der Waals surface area (Å²) in [5, 5.41) is 2.53. The summed E-state index contributed by atoms with van der Waals surface area (Å²) in [7, 11) is 1.43. The van der Waals surface area contributed by atoms with E-state index in [1.807, 2.05) is 12.1 Å². The van der Waals surface area contributed by atoms with Crippen LogP contribution in [0.25, 0.3) is 0 Å². The van der Waals surface area contributed by atoms with Crippen LogP contribution in [0.1, 0.15) is 18.4 Å². The number of methoxy groups -OCH3 is 1. The number of nitrogens with two attached hydrogens (primary N) is 1. The van der Waals surface area contributed by atoms with Gasteiger partial charge in [0.2, 0.25) is 11.8 Å². The van der Waals surface area contributed by atoms with Crippen LogP contribution < -0.4 is 15.8 Å². The van der Waals surface area contributed by atoms with Crippen LogP contribution in [-0.2, 0) is 20.7 Å². The second-order valence-corrected chi connectivity index (χ2v) is 5.01. The maximum atomic E-state index is 12.0. The van der Waals surface area contributed by atoms with Gasteiger partial charge in [-0.25, -0.2) is 0 Å². The van der Waals surface area contributed by atoms with Gasteiger partial charge in [0.1, 0.15) is 11.8 Å². The Hall–Kier alpha value is -2.15. The SMILES string of the molecule is COC[C@H](NC(=O)CCc1ccc(OCCCF)cc1)C(N)=O. The largest absolute Gasteiger partial charge is 0.494 e. The van der Waals surface area contributed by atoms with Crippen LogP contribution in [0.5, 0.6) is 5.75 Å². The van der Waals surface area contributed by atoms with Crippen molar-refractivity contribution in [2.75, 3.05) is 27.0 Å². The Morgan fingerprint density at radius 1 is 1.30 bits per heavy atom. The summed E-state index contributed by atoms with van der Waals surface area (Å²) >= 11 is 0. The standard InChI is InChI=1S/C16H23FN2O4/c1-22-11-14(16(18)21)19-15(20)8-5-12-3-6-13(7-4-12)23-10-2-9-17/h3-4,6-7,14H,2,5,8-11H2,1H3,(H2,18,21)(H,19,20)/t14-/m0/s1. The van der Waals surface area contributed by atoms with Gasteiger partial charge in [-0.15, -0.1) is 0 Å². The molecule has 0 unspecified atom stereocenters. The second-order valence-electron chi connectivity index (χ2n) is 5.01. The number of nitrogens with one attached hydrogen (secondary N) is 1. The summed E-state index contributed by atoms with van der Waals surface area (Å²) in [6.45, 7) is -0.0131. The molecule has 0 spiro atoms. The van der Waals surface area contributed by atoms with Gasteiger partial charge in [-0.1, -0.05) is 12.1 Å². The summed E-state index contributed by atoms with van der Waals surface area (Å²) in [6, 6.07) is 6.43. The molecule has 0 aliphatic rings. The van der Waals surface area contributed by atoms with E-state index in [2.05, 4.69) is 5.32 Å². The molecule has 0 radical (unpaired) electrons. The van der Waals surface area contributed by atoms with Crippen LogP contribution in [0.4, 0.5) is 4.39 Å². The number of rotatable bonds is 11. The molecule has 0 aliphatic carbocycles. The molecule has 6 nitrogen and oxygen atoms in total. The fourth-order valence-electron chi connectivity index (χ4n) is 1.88. The Balaban J connectivity index is 2.39. The van der Waals surface area contributed by atoms with Crippen molar-refractivity contribution >= 4 is 11.8 Å². The predicted molar refractivity (Wildman–Crippen MR) is 83.9 cm³/mol. The Kier molecular flexibility index (Phi) is 8.67. The highest BCUT2D eigenvalue weighted by atomic mass is 19.1. The van der Waals surface area contributed by atoms with Gasteiger partial charge in [0.05, 0.1) is 19.9 Å².